The van der Waals surface area contributed by atoms with Crippen LogP contribution in [0.2, 0.25) is 0 Å². The van der Waals surface area contributed by atoms with Crippen LogP contribution in [0, 0.1) is 0 Å². The van der Waals surface area contributed by atoms with E-state index in [0.29, 0.717) is 17.3 Å². The molecule has 1 aromatic heterocycles. The maximum Gasteiger partial charge on any atom is 0.257 e. The Hall–Kier alpha value is -1.73. The average Bonchev–Trinajstić information content (AvgIpc) is 2.77. The molecule has 7 heteroatoms. The average molecular weight is 281 g/mol. The predicted octanol–water partition coefficient (Wildman–Crippen LogP) is 1.33. The molecule has 0 spiro atoms. The molecule has 0 unspecified atom stereocenters. The van der Waals surface area contributed by atoms with E-state index in [4.69, 9.17) is 10.3 Å². The number of hydrogen-bond donors (Lipinski definition) is 1. The van der Waals surface area contributed by atoms with E-state index in [0.717, 1.165) is 6.26 Å². The summed E-state index contributed by atoms with van der Waals surface area (Å²) in [6.45, 7) is 3.54. The van der Waals surface area contributed by atoms with Crippen LogP contribution in [-0.2, 0) is 15.4 Å². The van der Waals surface area contributed by atoms with E-state index in [2.05, 4.69) is 10.1 Å². The lowest BCUT2D eigenvalue weighted by molar-refractivity contribution is 0.397. The highest BCUT2D eigenvalue weighted by molar-refractivity contribution is 7.90. The van der Waals surface area contributed by atoms with Crippen molar-refractivity contribution in [1.82, 2.24) is 10.1 Å². The van der Waals surface area contributed by atoms with E-state index >= 15 is 0 Å². The summed E-state index contributed by atoms with van der Waals surface area (Å²) < 4.78 is 27.8. The Bertz CT molecular complexity index is 682. The van der Waals surface area contributed by atoms with Crippen LogP contribution in [0.25, 0.3) is 11.5 Å². The second-order valence-corrected chi connectivity index (χ2v) is 6.96. The van der Waals surface area contributed by atoms with Gasteiger partial charge in [-0.15, -0.1) is 0 Å². The molecule has 2 rings (SSSR count). The van der Waals surface area contributed by atoms with Gasteiger partial charge in [0.25, 0.3) is 5.89 Å². The smallest absolute Gasteiger partial charge is 0.257 e. The topological polar surface area (TPSA) is 99.1 Å². The molecule has 0 aliphatic rings. The minimum atomic E-state index is -3.21. The fourth-order valence-electron chi connectivity index (χ4n) is 1.45. The molecule has 0 radical (unpaired) electrons. The lowest BCUT2D eigenvalue weighted by atomic mass is 10.1. The number of aromatic nitrogens is 2. The minimum Gasteiger partial charge on any atom is -0.334 e. The Morgan fingerprint density at radius 2 is 1.79 bits per heavy atom. The number of benzene rings is 1. The Balaban J connectivity index is 2.36. The summed E-state index contributed by atoms with van der Waals surface area (Å²) in [5.41, 5.74) is 5.83. The van der Waals surface area contributed by atoms with Crippen LogP contribution in [0.5, 0.6) is 0 Å². The van der Waals surface area contributed by atoms with Crippen LogP contribution in [0.15, 0.2) is 33.7 Å². The van der Waals surface area contributed by atoms with Crippen LogP contribution in [0.4, 0.5) is 0 Å². The van der Waals surface area contributed by atoms with E-state index in [1.165, 1.54) is 12.1 Å². The van der Waals surface area contributed by atoms with Gasteiger partial charge in [-0.25, -0.2) is 8.42 Å². The zero-order valence-electron chi connectivity index (χ0n) is 10.9. The molecule has 2 aromatic rings. The first-order valence-electron chi connectivity index (χ1n) is 5.61. The Morgan fingerprint density at radius 3 is 2.21 bits per heavy atom. The highest BCUT2D eigenvalue weighted by atomic mass is 32.2. The normalized spacial score (nSPS) is 12.6. The molecule has 0 fully saturated rings. The lowest BCUT2D eigenvalue weighted by Gasteiger charge is -2.11. The number of nitrogens with zero attached hydrogens (tertiary/aromatic N) is 2. The first-order valence-corrected chi connectivity index (χ1v) is 7.50. The molecule has 0 aliphatic carbocycles. The zero-order valence-corrected chi connectivity index (χ0v) is 11.7. The summed E-state index contributed by atoms with van der Waals surface area (Å²) in [5.74, 6) is 0.711. The van der Waals surface area contributed by atoms with E-state index in [1.54, 1.807) is 26.0 Å². The molecule has 19 heavy (non-hydrogen) atoms. The van der Waals surface area contributed by atoms with Crippen LogP contribution in [0.3, 0.4) is 0 Å². The van der Waals surface area contributed by atoms with Crippen LogP contribution in [0.1, 0.15) is 19.7 Å². The van der Waals surface area contributed by atoms with Gasteiger partial charge in [-0.2, -0.15) is 4.98 Å². The van der Waals surface area contributed by atoms with Crippen molar-refractivity contribution in [1.29, 1.82) is 0 Å². The van der Waals surface area contributed by atoms with Gasteiger partial charge in [0.05, 0.1) is 10.4 Å². The van der Waals surface area contributed by atoms with Gasteiger partial charge in [0.15, 0.2) is 15.7 Å². The number of sulfone groups is 1. The third-order valence-electron chi connectivity index (χ3n) is 2.53. The molecule has 0 bridgehead atoms. The number of rotatable bonds is 3. The van der Waals surface area contributed by atoms with Crippen molar-refractivity contribution in [2.24, 2.45) is 5.73 Å². The molecule has 1 heterocycles. The third kappa shape index (κ3) is 2.99. The second-order valence-electron chi connectivity index (χ2n) is 4.94. The standard InChI is InChI=1S/C12H15N3O3S/c1-12(2,13)11-14-10(18-15-11)8-4-6-9(7-5-8)19(3,16)17/h4-7H,13H2,1-3H3. The minimum absolute atomic E-state index is 0.246. The summed E-state index contributed by atoms with van der Waals surface area (Å²) in [6.07, 6.45) is 1.16. The maximum atomic E-state index is 11.3. The zero-order chi connectivity index (χ0) is 14.3. The van der Waals surface area contributed by atoms with Crippen molar-refractivity contribution >= 4 is 9.84 Å². The Morgan fingerprint density at radius 1 is 1.21 bits per heavy atom. The van der Waals surface area contributed by atoms with Crippen LogP contribution < -0.4 is 5.73 Å². The molecule has 102 valence electrons. The molecular weight excluding hydrogens is 266 g/mol. The number of hydrogen-bond acceptors (Lipinski definition) is 6. The molecular formula is C12H15N3O3S. The quantitative estimate of drug-likeness (QED) is 0.911. The van der Waals surface area contributed by atoms with E-state index in [-0.39, 0.29) is 4.90 Å². The van der Waals surface area contributed by atoms with Crippen LogP contribution >= 0.6 is 0 Å². The highest BCUT2D eigenvalue weighted by Crippen LogP contribution is 2.22. The largest absolute Gasteiger partial charge is 0.334 e. The molecule has 1 aromatic carbocycles. The molecule has 0 saturated heterocycles. The van der Waals surface area contributed by atoms with Gasteiger partial charge in [-0.3, -0.25) is 0 Å². The van der Waals surface area contributed by atoms with Gasteiger partial charge >= 0.3 is 0 Å². The van der Waals surface area contributed by atoms with Crippen LogP contribution in [-0.4, -0.2) is 24.8 Å². The Labute approximate surface area is 111 Å². The van der Waals surface area contributed by atoms with Gasteiger partial charge in [0, 0.05) is 11.8 Å². The van der Waals surface area contributed by atoms with Crippen molar-refractivity contribution in [3.63, 3.8) is 0 Å². The third-order valence-corrected chi connectivity index (χ3v) is 3.66. The van der Waals surface area contributed by atoms with Gasteiger partial charge in [0.2, 0.25) is 0 Å². The fourth-order valence-corrected chi connectivity index (χ4v) is 2.08. The van der Waals surface area contributed by atoms with Crippen molar-refractivity contribution < 1.29 is 12.9 Å². The van der Waals surface area contributed by atoms with Crippen molar-refractivity contribution in [2.45, 2.75) is 24.3 Å². The summed E-state index contributed by atoms with van der Waals surface area (Å²) >= 11 is 0. The monoisotopic (exact) mass is 281 g/mol. The van der Waals surface area contributed by atoms with E-state index in [9.17, 15) is 8.42 Å². The second kappa shape index (κ2) is 4.43. The lowest BCUT2D eigenvalue weighted by Crippen LogP contribution is -2.30. The van der Waals surface area contributed by atoms with E-state index < -0.39 is 15.4 Å². The predicted molar refractivity (Wildman–Crippen MR) is 70.1 cm³/mol. The summed E-state index contributed by atoms with van der Waals surface area (Å²) in [4.78, 5) is 4.44. The first kappa shape index (κ1) is 13.7. The summed E-state index contributed by atoms with van der Waals surface area (Å²) in [5, 5.41) is 3.81. The molecule has 0 saturated carbocycles. The van der Waals surface area contributed by atoms with Crippen molar-refractivity contribution in [3.8, 4) is 11.5 Å². The molecule has 0 aliphatic heterocycles. The van der Waals surface area contributed by atoms with Gasteiger partial charge in [0.1, 0.15) is 0 Å². The summed E-state index contributed by atoms with van der Waals surface area (Å²) in [7, 11) is -3.21. The molecule has 0 atom stereocenters. The Kier molecular flexibility index (Phi) is 3.19. The maximum absolute atomic E-state index is 11.3. The molecule has 6 nitrogen and oxygen atoms in total. The van der Waals surface area contributed by atoms with Gasteiger partial charge < -0.3 is 10.3 Å². The first-order chi connectivity index (χ1) is 8.68. The highest BCUT2D eigenvalue weighted by Gasteiger charge is 2.22. The summed E-state index contributed by atoms with van der Waals surface area (Å²) in [6, 6.07) is 6.25. The van der Waals surface area contributed by atoms with Gasteiger partial charge in [-0.1, -0.05) is 5.16 Å². The van der Waals surface area contributed by atoms with Crippen molar-refractivity contribution in [3.05, 3.63) is 30.1 Å². The SMILES string of the molecule is CC(C)(N)c1noc(-c2ccc(S(C)(=O)=O)cc2)n1. The van der Waals surface area contributed by atoms with E-state index in [1.807, 2.05) is 0 Å². The number of nitrogens with two attached hydrogens (primary N) is 1. The van der Waals surface area contributed by atoms with Crippen molar-refractivity contribution in [2.75, 3.05) is 6.26 Å². The molecule has 0 amide bonds. The van der Waals surface area contributed by atoms with Gasteiger partial charge in [-0.05, 0) is 38.1 Å². The molecule has 2 N–H and O–H groups in total. The fraction of sp³-hybridized carbons (Fsp3) is 0.333.